The van der Waals surface area contributed by atoms with Gasteiger partial charge < -0.3 is 5.73 Å². The van der Waals surface area contributed by atoms with Crippen molar-refractivity contribution in [1.29, 1.82) is 0 Å². The van der Waals surface area contributed by atoms with Crippen LogP contribution in [0.2, 0.25) is 0 Å². The number of nitrogens with zero attached hydrogens (tertiary/aromatic N) is 2. The highest BCUT2D eigenvalue weighted by atomic mass is 16.1. The van der Waals surface area contributed by atoms with Crippen LogP contribution >= 0.6 is 0 Å². The van der Waals surface area contributed by atoms with Crippen molar-refractivity contribution in [3.05, 3.63) is 46.8 Å². The third kappa shape index (κ3) is 2.00. The van der Waals surface area contributed by atoms with E-state index in [0.29, 0.717) is 0 Å². The lowest BCUT2D eigenvalue weighted by Crippen LogP contribution is -2.65. The van der Waals surface area contributed by atoms with Crippen molar-refractivity contribution in [3.8, 4) is 0 Å². The maximum atomic E-state index is 12.4. The number of aromatic nitrogens is 1. The Kier molecular flexibility index (Phi) is 3.26. The molecule has 1 aromatic carbocycles. The van der Waals surface area contributed by atoms with Gasteiger partial charge in [-0.1, -0.05) is 25.1 Å². The van der Waals surface area contributed by atoms with Crippen molar-refractivity contribution in [1.82, 2.24) is 4.68 Å². The van der Waals surface area contributed by atoms with Gasteiger partial charge in [-0.2, -0.15) is 0 Å². The molecule has 2 heterocycles. The van der Waals surface area contributed by atoms with Crippen molar-refractivity contribution < 1.29 is 0 Å². The maximum Gasteiger partial charge on any atom is 0.269 e. The molecule has 0 radical (unpaired) electrons. The van der Waals surface area contributed by atoms with E-state index in [0.717, 1.165) is 43.1 Å². The third-order valence-corrected chi connectivity index (χ3v) is 4.38. The highest BCUT2D eigenvalue weighted by Crippen LogP contribution is 2.26. The van der Waals surface area contributed by atoms with Crippen molar-refractivity contribution >= 4 is 10.9 Å². The van der Waals surface area contributed by atoms with Crippen molar-refractivity contribution in [3.63, 3.8) is 0 Å². The molecule has 1 aromatic heterocycles. The lowest BCUT2D eigenvalue weighted by atomic mass is 9.95. The molecule has 1 unspecified atom stereocenters. The molecule has 2 aromatic rings. The summed E-state index contributed by atoms with van der Waals surface area (Å²) >= 11 is 0. The number of hydrogen-bond acceptors (Lipinski definition) is 3. The van der Waals surface area contributed by atoms with Gasteiger partial charge in [-0.25, -0.2) is 4.68 Å². The molecule has 1 atom stereocenters. The first-order valence-corrected chi connectivity index (χ1v) is 7.33. The summed E-state index contributed by atoms with van der Waals surface area (Å²) in [5, 5.41) is 3.14. The van der Waals surface area contributed by atoms with Crippen LogP contribution < -0.4 is 16.3 Å². The van der Waals surface area contributed by atoms with E-state index in [1.54, 1.807) is 10.7 Å². The van der Waals surface area contributed by atoms with Crippen molar-refractivity contribution in [2.24, 2.45) is 5.73 Å². The molecule has 106 valence electrons. The number of rotatable bonds is 2. The number of hydrogen-bond donors (Lipinski definition) is 1. The number of fused-ring (bicyclic) bond motifs is 1. The monoisotopic (exact) mass is 271 g/mol. The molecule has 1 aliphatic rings. The first-order chi connectivity index (χ1) is 9.65. The van der Waals surface area contributed by atoms with Gasteiger partial charge in [-0.3, -0.25) is 9.80 Å². The first kappa shape index (κ1) is 13.2. The molecule has 0 saturated carbocycles. The summed E-state index contributed by atoms with van der Waals surface area (Å²) in [7, 11) is 0. The van der Waals surface area contributed by atoms with Gasteiger partial charge in [0.25, 0.3) is 5.56 Å². The summed E-state index contributed by atoms with van der Waals surface area (Å²) in [6.07, 6.45) is 3.97. The molecule has 0 amide bonds. The molecule has 0 aliphatic carbocycles. The molecule has 4 nitrogen and oxygen atoms in total. The van der Waals surface area contributed by atoms with E-state index >= 15 is 0 Å². The number of para-hydroxylation sites is 1. The fourth-order valence-electron chi connectivity index (χ4n) is 3.12. The van der Waals surface area contributed by atoms with Crippen LogP contribution in [0.3, 0.4) is 0 Å². The SMILES string of the molecule is CCC1(N)CCCCN1n1c(=O)ccc2ccccc21. The van der Waals surface area contributed by atoms with Gasteiger partial charge >= 0.3 is 0 Å². The fraction of sp³-hybridized carbons (Fsp3) is 0.438. The summed E-state index contributed by atoms with van der Waals surface area (Å²) < 4.78 is 1.78. The van der Waals surface area contributed by atoms with E-state index in [2.05, 4.69) is 11.9 Å². The zero-order chi connectivity index (χ0) is 14.2. The van der Waals surface area contributed by atoms with Crippen molar-refractivity contribution in [2.75, 3.05) is 11.6 Å². The summed E-state index contributed by atoms with van der Waals surface area (Å²) in [6.45, 7) is 2.92. The molecule has 1 saturated heterocycles. The van der Waals surface area contributed by atoms with Gasteiger partial charge in [0, 0.05) is 18.0 Å². The van der Waals surface area contributed by atoms with E-state index in [1.165, 1.54) is 0 Å². The van der Waals surface area contributed by atoms with Gasteiger partial charge in [-0.15, -0.1) is 0 Å². The standard InChI is InChI=1S/C16H21N3O/c1-2-16(17)11-5-6-12-18(16)19-14-8-4-3-7-13(14)9-10-15(19)20/h3-4,7-10H,2,5-6,11-12,17H2,1H3. The van der Waals surface area contributed by atoms with Crippen LogP contribution in [-0.4, -0.2) is 16.9 Å². The Bertz CT molecular complexity index is 679. The van der Waals surface area contributed by atoms with Gasteiger partial charge in [0.05, 0.1) is 5.52 Å². The van der Waals surface area contributed by atoms with E-state index in [-0.39, 0.29) is 5.56 Å². The Morgan fingerprint density at radius 1 is 1.20 bits per heavy atom. The fourth-order valence-corrected chi connectivity index (χ4v) is 3.12. The van der Waals surface area contributed by atoms with Crippen LogP contribution in [-0.2, 0) is 0 Å². The molecule has 2 N–H and O–H groups in total. The maximum absolute atomic E-state index is 12.4. The second-order valence-corrected chi connectivity index (χ2v) is 5.58. The van der Waals surface area contributed by atoms with Crippen LogP contribution in [0.5, 0.6) is 0 Å². The predicted molar refractivity (Wildman–Crippen MR) is 82.4 cm³/mol. The molecule has 1 aliphatic heterocycles. The van der Waals surface area contributed by atoms with E-state index in [4.69, 9.17) is 5.73 Å². The van der Waals surface area contributed by atoms with Crippen LogP contribution in [0.15, 0.2) is 41.2 Å². The zero-order valence-electron chi connectivity index (χ0n) is 11.9. The molecule has 0 spiro atoms. The minimum atomic E-state index is -0.424. The van der Waals surface area contributed by atoms with E-state index < -0.39 is 5.66 Å². The number of piperidine rings is 1. The van der Waals surface area contributed by atoms with E-state index in [9.17, 15) is 4.79 Å². The molecule has 20 heavy (non-hydrogen) atoms. The van der Waals surface area contributed by atoms with Crippen LogP contribution in [0.1, 0.15) is 32.6 Å². The summed E-state index contributed by atoms with van der Waals surface area (Å²) in [5.41, 5.74) is 7.07. The Morgan fingerprint density at radius 3 is 2.80 bits per heavy atom. The second kappa shape index (κ2) is 4.94. The molecule has 4 heteroatoms. The minimum absolute atomic E-state index is 0.00567. The van der Waals surface area contributed by atoms with Crippen molar-refractivity contribution in [2.45, 2.75) is 38.3 Å². The lowest BCUT2D eigenvalue weighted by molar-refractivity contribution is 0.250. The number of pyridine rings is 1. The van der Waals surface area contributed by atoms with Gasteiger partial charge in [0.15, 0.2) is 0 Å². The molecule has 0 bridgehead atoms. The van der Waals surface area contributed by atoms with Crippen LogP contribution in [0.25, 0.3) is 10.9 Å². The average Bonchev–Trinajstić information content (AvgIpc) is 2.48. The molecule has 3 rings (SSSR count). The Labute approximate surface area is 118 Å². The second-order valence-electron chi connectivity index (χ2n) is 5.58. The Balaban J connectivity index is 2.22. The van der Waals surface area contributed by atoms with Crippen LogP contribution in [0, 0.1) is 0 Å². The van der Waals surface area contributed by atoms with Crippen LogP contribution in [0.4, 0.5) is 0 Å². The molecule has 1 fully saturated rings. The van der Waals surface area contributed by atoms with Gasteiger partial charge in [0.1, 0.15) is 5.66 Å². The predicted octanol–water partition coefficient (Wildman–Crippen LogP) is 2.19. The number of nitrogens with two attached hydrogens (primary N) is 1. The normalized spacial score (nSPS) is 23.2. The Hall–Kier alpha value is -1.81. The largest absolute Gasteiger partial charge is 0.308 e. The molecular weight excluding hydrogens is 250 g/mol. The first-order valence-electron chi connectivity index (χ1n) is 7.33. The van der Waals surface area contributed by atoms with Gasteiger partial charge in [-0.05, 0) is 37.8 Å². The smallest absolute Gasteiger partial charge is 0.269 e. The summed E-state index contributed by atoms with van der Waals surface area (Å²) in [5.74, 6) is 0. The average molecular weight is 271 g/mol. The minimum Gasteiger partial charge on any atom is -0.308 e. The van der Waals surface area contributed by atoms with Gasteiger partial charge in [0.2, 0.25) is 0 Å². The molecular formula is C16H21N3O. The third-order valence-electron chi connectivity index (χ3n) is 4.38. The van der Waals surface area contributed by atoms with E-state index in [1.807, 2.05) is 30.3 Å². The topological polar surface area (TPSA) is 51.3 Å². The lowest BCUT2D eigenvalue weighted by Gasteiger charge is -2.46. The Morgan fingerprint density at radius 2 is 2.00 bits per heavy atom. The summed E-state index contributed by atoms with van der Waals surface area (Å²) in [6, 6.07) is 11.5. The quantitative estimate of drug-likeness (QED) is 0.911. The summed E-state index contributed by atoms with van der Waals surface area (Å²) in [4.78, 5) is 12.4. The number of benzene rings is 1. The highest BCUT2D eigenvalue weighted by molar-refractivity contribution is 5.79. The zero-order valence-corrected chi connectivity index (χ0v) is 11.9. The highest BCUT2D eigenvalue weighted by Gasteiger charge is 2.34.